The third-order valence-electron chi connectivity index (χ3n) is 2.68. The molecular formula is C14H20FNO2S. The fraction of sp³-hybridized carbons (Fsp3) is 0.500. The lowest BCUT2D eigenvalue weighted by atomic mass is 10.2. The Morgan fingerprint density at radius 3 is 2.74 bits per heavy atom. The van der Waals surface area contributed by atoms with Gasteiger partial charge in [-0.2, -0.15) is 0 Å². The maximum Gasteiger partial charge on any atom is 0.220 e. The highest BCUT2D eigenvalue weighted by molar-refractivity contribution is 7.99. The number of thioether (sulfide) groups is 1. The van der Waals surface area contributed by atoms with E-state index in [2.05, 4.69) is 5.32 Å². The highest BCUT2D eigenvalue weighted by Gasteiger charge is 2.04. The highest BCUT2D eigenvalue weighted by Crippen LogP contribution is 2.18. The summed E-state index contributed by atoms with van der Waals surface area (Å²) in [6.45, 7) is 2.42. The molecule has 0 heterocycles. The van der Waals surface area contributed by atoms with E-state index < -0.39 is 0 Å². The molecule has 1 unspecified atom stereocenters. The number of carbonyl (C=O) groups excluding carboxylic acids is 1. The Kier molecular flexibility index (Phi) is 7.52. The van der Waals surface area contributed by atoms with Crippen molar-refractivity contribution < 1.29 is 14.3 Å². The minimum atomic E-state index is -0.339. The van der Waals surface area contributed by atoms with Crippen LogP contribution in [-0.2, 0) is 4.79 Å². The first-order valence-corrected chi connectivity index (χ1v) is 7.43. The molecule has 1 aromatic carbocycles. The molecule has 3 nitrogen and oxygen atoms in total. The van der Waals surface area contributed by atoms with Gasteiger partial charge in [0.1, 0.15) is 5.82 Å². The van der Waals surface area contributed by atoms with E-state index in [0.29, 0.717) is 31.6 Å². The van der Waals surface area contributed by atoms with E-state index in [1.807, 2.05) is 6.92 Å². The zero-order valence-electron chi connectivity index (χ0n) is 11.1. The molecule has 0 fully saturated rings. The molecule has 0 spiro atoms. The van der Waals surface area contributed by atoms with Crippen molar-refractivity contribution >= 4 is 17.7 Å². The first-order chi connectivity index (χ1) is 9.11. The summed E-state index contributed by atoms with van der Waals surface area (Å²) >= 11 is 1.52. The van der Waals surface area contributed by atoms with Crippen molar-refractivity contribution in [1.29, 1.82) is 0 Å². The summed E-state index contributed by atoms with van der Waals surface area (Å²) in [6.07, 6.45) is 1.38. The SMILES string of the molecule is CCC(O)CCNC(=O)CCSc1ccc(F)cc1. The Bertz CT molecular complexity index is 384. The van der Waals surface area contributed by atoms with Crippen molar-refractivity contribution in [2.45, 2.75) is 37.2 Å². The van der Waals surface area contributed by atoms with E-state index in [1.54, 1.807) is 12.1 Å². The standard InChI is InChI=1S/C14H20FNO2S/c1-2-12(17)7-9-16-14(18)8-10-19-13-5-3-11(15)4-6-13/h3-6,12,17H,2,7-10H2,1H3,(H,16,18). The van der Waals surface area contributed by atoms with Gasteiger partial charge in [0.05, 0.1) is 6.10 Å². The minimum Gasteiger partial charge on any atom is -0.393 e. The summed E-state index contributed by atoms with van der Waals surface area (Å²) in [7, 11) is 0. The molecule has 0 radical (unpaired) electrons. The second-order valence-corrected chi connectivity index (χ2v) is 5.42. The van der Waals surface area contributed by atoms with Gasteiger partial charge < -0.3 is 10.4 Å². The van der Waals surface area contributed by atoms with Crippen LogP contribution in [0.3, 0.4) is 0 Å². The van der Waals surface area contributed by atoms with Crippen LogP contribution in [0.25, 0.3) is 0 Å². The third kappa shape index (κ3) is 7.18. The van der Waals surface area contributed by atoms with E-state index in [9.17, 15) is 14.3 Å². The fourth-order valence-electron chi connectivity index (χ4n) is 1.46. The Hall–Kier alpha value is -1.07. The summed E-state index contributed by atoms with van der Waals surface area (Å²) in [5, 5.41) is 12.1. The predicted octanol–water partition coefficient (Wildman–Crippen LogP) is 2.59. The van der Waals surface area contributed by atoms with Gasteiger partial charge in [-0.1, -0.05) is 6.92 Å². The van der Waals surface area contributed by atoms with E-state index in [4.69, 9.17) is 0 Å². The molecule has 0 bridgehead atoms. The molecule has 1 aromatic rings. The van der Waals surface area contributed by atoms with Gasteiger partial charge >= 0.3 is 0 Å². The number of aliphatic hydroxyl groups excluding tert-OH is 1. The van der Waals surface area contributed by atoms with Gasteiger partial charge in [-0.05, 0) is 37.1 Å². The van der Waals surface area contributed by atoms with Crippen molar-refractivity contribution in [2.75, 3.05) is 12.3 Å². The lowest BCUT2D eigenvalue weighted by molar-refractivity contribution is -0.120. The van der Waals surface area contributed by atoms with Crippen LogP contribution in [0, 0.1) is 5.82 Å². The van der Waals surface area contributed by atoms with Crippen molar-refractivity contribution in [2.24, 2.45) is 0 Å². The molecule has 0 saturated carbocycles. The smallest absolute Gasteiger partial charge is 0.220 e. The van der Waals surface area contributed by atoms with Gasteiger partial charge in [0.2, 0.25) is 5.91 Å². The Morgan fingerprint density at radius 2 is 2.11 bits per heavy atom. The number of benzene rings is 1. The average molecular weight is 285 g/mol. The zero-order valence-corrected chi connectivity index (χ0v) is 11.9. The summed E-state index contributed by atoms with van der Waals surface area (Å²) in [5.74, 6) is 0.392. The van der Waals surface area contributed by atoms with Gasteiger partial charge in [-0.15, -0.1) is 11.8 Å². The highest BCUT2D eigenvalue weighted by atomic mass is 32.2. The van der Waals surface area contributed by atoms with Gasteiger partial charge in [-0.25, -0.2) is 4.39 Å². The van der Waals surface area contributed by atoms with Crippen molar-refractivity contribution in [3.63, 3.8) is 0 Å². The van der Waals surface area contributed by atoms with Crippen molar-refractivity contribution in [1.82, 2.24) is 5.32 Å². The minimum absolute atomic E-state index is 0.0158. The van der Waals surface area contributed by atoms with Crippen LogP contribution in [-0.4, -0.2) is 29.4 Å². The number of aliphatic hydroxyl groups is 1. The molecule has 19 heavy (non-hydrogen) atoms. The number of hydrogen-bond donors (Lipinski definition) is 2. The molecule has 0 aliphatic rings. The number of rotatable bonds is 8. The molecule has 1 amide bonds. The molecule has 106 valence electrons. The Labute approximate surface area is 117 Å². The topological polar surface area (TPSA) is 49.3 Å². The second-order valence-electron chi connectivity index (χ2n) is 4.25. The molecule has 0 aliphatic carbocycles. The van der Waals surface area contributed by atoms with Crippen LogP contribution < -0.4 is 5.32 Å². The van der Waals surface area contributed by atoms with Gasteiger partial charge in [0.25, 0.3) is 0 Å². The normalized spacial score (nSPS) is 12.2. The maximum absolute atomic E-state index is 12.7. The molecule has 0 aromatic heterocycles. The van der Waals surface area contributed by atoms with Crippen LogP contribution in [0.4, 0.5) is 4.39 Å². The Morgan fingerprint density at radius 1 is 1.42 bits per heavy atom. The molecule has 0 aliphatic heterocycles. The summed E-state index contributed by atoms with van der Waals surface area (Å²) in [4.78, 5) is 12.4. The number of amides is 1. The van der Waals surface area contributed by atoms with Crippen LogP contribution in [0.5, 0.6) is 0 Å². The van der Waals surface area contributed by atoms with Crippen LogP contribution in [0.15, 0.2) is 29.2 Å². The average Bonchev–Trinajstić information content (AvgIpc) is 2.41. The summed E-state index contributed by atoms with van der Waals surface area (Å²) in [5.41, 5.74) is 0. The van der Waals surface area contributed by atoms with Crippen LogP contribution >= 0.6 is 11.8 Å². The first-order valence-electron chi connectivity index (χ1n) is 6.45. The zero-order chi connectivity index (χ0) is 14.1. The lowest BCUT2D eigenvalue weighted by Gasteiger charge is -2.08. The largest absolute Gasteiger partial charge is 0.393 e. The number of halogens is 1. The third-order valence-corrected chi connectivity index (χ3v) is 3.70. The van der Waals surface area contributed by atoms with E-state index in [0.717, 1.165) is 4.90 Å². The quantitative estimate of drug-likeness (QED) is 0.722. The van der Waals surface area contributed by atoms with Crippen molar-refractivity contribution in [3.8, 4) is 0 Å². The Balaban J connectivity index is 2.11. The monoisotopic (exact) mass is 285 g/mol. The van der Waals surface area contributed by atoms with E-state index in [1.165, 1.54) is 23.9 Å². The van der Waals surface area contributed by atoms with E-state index >= 15 is 0 Å². The van der Waals surface area contributed by atoms with Gasteiger partial charge in [-0.3, -0.25) is 4.79 Å². The molecule has 0 saturated heterocycles. The molecular weight excluding hydrogens is 265 g/mol. The summed E-state index contributed by atoms with van der Waals surface area (Å²) in [6, 6.07) is 6.23. The first kappa shape index (κ1) is 16.0. The van der Waals surface area contributed by atoms with Crippen LogP contribution in [0.1, 0.15) is 26.2 Å². The predicted molar refractivity (Wildman–Crippen MR) is 75.7 cm³/mol. The summed E-state index contributed by atoms with van der Waals surface area (Å²) < 4.78 is 12.7. The lowest BCUT2D eigenvalue weighted by Crippen LogP contribution is -2.27. The molecule has 1 atom stereocenters. The van der Waals surface area contributed by atoms with Crippen LogP contribution in [0.2, 0.25) is 0 Å². The van der Waals surface area contributed by atoms with Crippen molar-refractivity contribution in [3.05, 3.63) is 30.1 Å². The fourth-order valence-corrected chi connectivity index (χ4v) is 2.31. The number of carbonyl (C=O) groups is 1. The number of hydrogen-bond acceptors (Lipinski definition) is 3. The molecule has 5 heteroatoms. The van der Waals surface area contributed by atoms with Gasteiger partial charge in [0.15, 0.2) is 0 Å². The maximum atomic E-state index is 12.7. The molecule has 2 N–H and O–H groups in total. The van der Waals surface area contributed by atoms with Gasteiger partial charge in [0, 0.05) is 23.6 Å². The van der Waals surface area contributed by atoms with E-state index in [-0.39, 0.29) is 17.8 Å². The molecule has 1 rings (SSSR count). The number of nitrogens with one attached hydrogen (secondary N) is 1. The second kappa shape index (κ2) is 8.93.